The number of nitrogens with zero attached hydrogens (tertiary/aromatic N) is 5. The van der Waals surface area contributed by atoms with E-state index in [9.17, 15) is 4.79 Å². The molecule has 0 aliphatic rings. The number of carboxylic acids is 1. The van der Waals surface area contributed by atoms with Crippen molar-refractivity contribution in [2.75, 3.05) is 18.0 Å². The zero-order valence-corrected chi connectivity index (χ0v) is 12.8. The summed E-state index contributed by atoms with van der Waals surface area (Å²) in [6.07, 6.45) is 0.834. The van der Waals surface area contributed by atoms with Crippen molar-refractivity contribution < 1.29 is 9.90 Å². The van der Waals surface area contributed by atoms with Crippen LogP contribution < -0.4 is 4.90 Å². The number of hydrogen-bond donors (Lipinski definition) is 1. The van der Waals surface area contributed by atoms with Gasteiger partial charge < -0.3 is 10.0 Å². The van der Waals surface area contributed by atoms with Crippen molar-refractivity contribution in [2.45, 2.75) is 13.3 Å². The minimum atomic E-state index is -0.882. The Morgan fingerprint density at radius 2 is 1.96 bits per heavy atom. The van der Waals surface area contributed by atoms with Crippen LogP contribution >= 0.6 is 0 Å². The fourth-order valence-corrected chi connectivity index (χ4v) is 2.42. The van der Waals surface area contributed by atoms with Crippen molar-refractivity contribution in [2.24, 2.45) is 0 Å². The summed E-state index contributed by atoms with van der Waals surface area (Å²) in [6, 6.07) is 13.2. The first kappa shape index (κ1) is 15.0. The van der Waals surface area contributed by atoms with Gasteiger partial charge in [-0.15, -0.1) is 15.3 Å². The molecule has 1 aromatic carbocycles. The third-order valence-electron chi connectivity index (χ3n) is 3.42. The number of benzene rings is 1. The average Bonchev–Trinajstić information content (AvgIpc) is 2.98. The third-order valence-corrected chi connectivity index (χ3v) is 3.42. The Hall–Kier alpha value is -2.96. The van der Waals surface area contributed by atoms with Crippen LogP contribution in [0, 0.1) is 0 Å². The van der Waals surface area contributed by atoms with E-state index in [0.29, 0.717) is 23.8 Å². The number of fused-ring (bicyclic) bond motifs is 1. The number of hydrogen-bond acceptors (Lipinski definition) is 5. The lowest BCUT2D eigenvalue weighted by molar-refractivity contribution is -0.135. The predicted molar refractivity (Wildman–Crippen MR) is 86.4 cm³/mol. The topological polar surface area (TPSA) is 83.6 Å². The second kappa shape index (κ2) is 6.43. The Labute approximate surface area is 133 Å². The van der Waals surface area contributed by atoms with Crippen LogP contribution in [0.25, 0.3) is 17.0 Å². The molecule has 0 radical (unpaired) electrons. The Morgan fingerprint density at radius 3 is 2.65 bits per heavy atom. The summed E-state index contributed by atoms with van der Waals surface area (Å²) in [4.78, 5) is 12.8. The van der Waals surface area contributed by atoms with Gasteiger partial charge in [0.1, 0.15) is 12.4 Å². The summed E-state index contributed by atoms with van der Waals surface area (Å²) < 4.78 is 1.65. The molecule has 1 N–H and O–H groups in total. The highest BCUT2D eigenvalue weighted by molar-refractivity contribution is 5.73. The maximum absolute atomic E-state index is 11.1. The van der Waals surface area contributed by atoms with Gasteiger partial charge in [-0.1, -0.05) is 37.3 Å². The first-order chi connectivity index (χ1) is 11.2. The molecule has 3 aromatic rings. The molecular formula is C16H17N5O2. The fourth-order valence-electron chi connectivity index (χ4n) is 2.42. The van der Waals surface area contributed by atoms with Crippen molar-refractivity contribution in [1.82, 2.24) is 19.8 Å². The molecule has 2 heterocycles. The molecule has 0 amide bonds. The Morgan fingerprint density at radius 1 is 1.17 bits per heavy atom. The predicted octanol–water partition coefficient (Wildman–Crippen LogP) is 2.09. The molecule has 7 nitrogen and oxygen atoms in total. The zero-order valence-electron chi connectivity index (χ0n) is 12.8. The van der Waals surface area contributed by atoms with Crippen LogP contribution in [0.4, 0.5) is 5.82 Å². The van der Waals surface area contributed by atoms with Gasteiger partial charge in [-0.25, -0.2) is 0 Å². The molecule has 0 fully saturated rings. The first-order valence-electron chi connectivity index (χ1n) is 7.43. The maximum Gasteiger partial charge on any atom is 0.323 e. The number of rotatable bonds is 6. The zero-order chi connectivity index (χ0) is 16.2. The van der Waals surface area contributed by atoms with E-state index in [4.69, 9.17) is 5.11 Å². The molecule has 0 spiro atoms. The Balaban J connectivity index is 2.05. The largest absolute Gasteiger partial charge is 0.480 e. The minimum Gasteiger partial charge on any atom is -0.480 e. The molecule has 0 bridgehead atoms. The lowest BCUT2D eigenvalue weighted by Crippen LogP contribution is -2.31. The highest BCUT2D eigenvalue weighted by Crippen LogP contribution is 2.19. The molecule has 3 rings (SSSR count). The van der Waals surface area contributed by atoms with Crippen molar-refractivity contribution in [1.29, 1.82) is 0 Å². The van der Waals surface area contributed by atoms with Crippen LogP contribution in [0.5, 0.6) is 0 Å². The Bertz CT molecular complexity index is 816. The first-order valence-corrected chi connectivity index (χ1v) is 7.43. The monoisotopic (exact) mass is 311 g/mol. The SMILES string of the molecule is CCCN(CC(=O)O)c1ccc2nnc(-c3ccccc3)n2n1. The number of anilines is 1. The summed E-state index contributed by atoms with van der Waals surface area (Å²) in [5, 5.41) is 21.9. The van der Waals surface area contributed by atoms with Gasteiger partial charge in [0.15, 0.2) is 11.5 Å². The van der Waals surface area contributed by atoms with Crippen molar-refractivity contribution in [3.63, 3.8) is 0 Å². The van der Waals surface area contributed by atoms with Crippen molar-refractivity contribution in [3.8, 4) is 11.4 Å². The lowest BCUT2D eigenvalue weighted by atomic mass is 10.2. The van der Waals surface area contributed by atoms with E-state index in [0.717, 1.165) is 12.0 Å². The normalized spacial score (nSPS) is 10.8. The fraction of sp³-hybridized carbons (Fsp3) is 0.250. The maximum atomic E-state index is 11.1. The van der Waals surface area contributed by atoms with Crippen LogP contribution in [-0.2, 0) is 4.79 Å². The smallest absolute Gasteiger partial charge is 0.323 e. The second-order valence-electron chi connectivity index (χ2n) is 5.17. The van der Waals surface area contributed by atoms with E-state index in [2.05, 4.69) is 15.3 Å². The summed E-state index contributed by atoms with van der Waals surface area (Å²) in [7, 11) is 0. The molecular weight excluding hydrogens is 294 g/mol. The van der Waals surface area contributed by atoms with Gasteiger partial charge in [-0.3, -0.25) is 4.79 Å². The minimum absolute atomic E-state index is 0.0882. The van der Waals surface area contributed by atoms with Gasteiger partial charge in [0, 0.05) is 12.1 Å². The van der Waals surface area contributed by atoms with Crippen LogP contribution in [0.2, 0.25) is 0 Å². The van der Waals surface area contributed by atoms with Crippen LogP contribution in [0.3, 0.4) is 0 Å². The molecule has 0 saturated heterocycles. The van der Waals surface area contributed by atoms with Gasteiger partial charge in [-0.2, -0.15) is 4.52 Å². The van der Waals surface area contributed by atoms with E-state index in [1.807, 2.05) is 37.3 Å². The van der Waals surface area contributed by atoms with Crippen LogP contribution in [0.15, 0.2) is 42.5 Å². The third kappa shape index (κ3) is 3.13. The van der Waals surface area contributed by atoms with Crippen LogP contribution in [-0.4, -0.2) is 44.0 Å². The average molecular weight is 311 g/mol. The van der Waals surface area contributed by atoms with Gasteiger partial charge in [0.05, 0.1) is 0 Å². The van der Waals surface area contributed by atoms with E-state index in [-0.39, 0.29) is 6.54 Å². The van der Waals surface area contributed by atoms with Gasteiger partial charge >= 0.3 is 5.97 Å². The van der Waals surface area contributed by atoms with E-state index >= 15 is 0 Å². The van der Waals surface area contributed by atoms with Gasteiger partial charge in [0.25, 0.3) is 0 Å². The summed E-state index contributed by atoms with van der Waals surface area (Å²) >= 11 is 0. The van der Waals surface area contributed by atoms with Crippen LogP contribution in [0.1, 0.15) is 13.3 Å². The second-order valence-corrected chi connectivity index (χ2v) is 5.17. The number of carboxylic acid groups (broad SMARTS) is 1. The van der Waals surface area contributed by atoms with Gasteiger partial charge in [-0.05, 0) is 18.6 Å². The molecule has 118 valence electrons. The highest BCUT2D eigenvalue weighted by atomic mass is 16.4. The summed E-state index contributed by atoms with van der Waals surface area (Å²) in [5.41, 5.74) is 1.53. The molecule has 0 aliphatic carbocycles. The molecule has 23 heavy (non-hydrogen) atoms. The molecule has 7 heteroatoms. The molecule has 2 aromatic heterocycles. The standard InChI is InChI=1S/C16H17N5O2/c1-2-10-20(11-15(22)23)14-9-8-13-17-18-16(21(13)19-14)12-6-4-3-5-7-12/h3-9H,2,10-11H2,1H3,(H,22,23). The Kier molecular flexibility index (Phi) is 4.18. The van der Waals surface area contributed by atoms with Gasteiger partial charge in [0.2, 0.25) is 0 Å². The molecule has 0 atom stereocenters. The van der Waals surface area contributed by atoms with E-state index in [1.54, 1.807) is 21.5 Å². The molecule has 0 saturated carbocycles. The summed E-state index contributed by atoms with van der Waals surface area (Å²) in [5.74, 6) is 0.348. The molecule has 0 aliphatic heterocycles. The van der Waals surface area contributed by atoms with E-state index < -0.39 is 5.97 Å². The number of aliphatic carboxylic acids is 1. The quantitative estimate of drug-likeness (QED) is 0.750. The number of aromatic nitrogens is 4. The summed E-state index contributed by atoms with van der Waals surface area (Å²) in [6.45, 7) is 2.53. The van der Waals surface area contributed by atoms with Crippen molar-refractivity contribution in [3.05, 3.63) is 42.5 Å². The van der Waals surface area contributed by atoms with Crippen molar-refractivity contribution >= 4 is 17.4 Å². The molecule has 0 unspecified atom stereocenters. The highest BCUT2D eigenvalue weighted by Gasteiger charge is 2.14. The number of carbonyl (C=O) groups is 1. The lowest BCUT2D eigenvalue weighted by Gasteiger charge is -2.20. The van der Waals surface area contributed by atoms with E-state index in [1.165, 1.54) is 0 Å².